The van der Waals surface area contributed by atoms with Crippen LogP contribution in [0.15, 0.2) is 22.9 Å². The second kappa shape index (κ2) is 4.23. The molecule has 0 amide bonds. The van der Waals surface area contributed by atoms with Gasteiger partial charge in [0.2, 0.25) is 0 Å². The van der Waals surface area contributed by atoms with E-state index in [0.29, 0.717) is 5.92 Å². The summed E-state index contributed by atoms with van der Waals surface area (Å²) in [4.78, 5) is 2.57. The molecule has 2 rings (SSSR count). The highest BCUT2D eigenvalue weighted by molar-refractivity contribution is 7.12. The topological polar surface area (TPSA) is 0 Å². The van der Waals surface area contributed by atoms with Crippen molar-refractivity contribution in [2.24, 2.45) is 0 Å². The van der Waals surface area contributed by atoms with Crippen molar-refractivity contribution in [2.75, 3.05) is 0 Å². The Hall–Kier alpha value is -0.0200. The quantitative estimate of drug-likeness (QED) is 0.692. The fourth-order valence-electron chi connectivity index (χ4n) is 1.25. The van der Waals surface area contributed by atoms with E-state index in [9.17, 15) is 0 Å². The Labute approximate surface area is 101 Å². The van der Waals surface area contributed by atoms with Crippen LogP contribution in [0.25, 0.3) is 0 Å². The van der Waals surface area contributed by atoms with Gasteiger partial charge in [-0.2, -0.15) is 0 Å². The lowest BCUT2D eigenvalue weighted by Crippen LogP contribution is -1.87. The van der Waals surface area contributed by atoms with Crippen LogP contribution in [0.3, 0.4) is 0 Å². The van der Waals surface area contributed by atoms with Crippen LogP contribution in [0.5, 0.6) is 0 Å². The minimum absolute atomic E-state index is 0.394. The molecule has 0 N–H and O–H groups in total. The van der Waals surface area contributed by atoms with E-state index in [1.54, 1.807) is 22.7 Å². The van der Waals surface area contributed by atoms with Crippen LogP contribution in [0.4, 0.5) is 0 Å². The van der Waals surface area contributed by atoms with Gasteiger partial charge in [-0.25, -0.2) is 0 Å². The maximum atomic E-state index is 5.88. The number of hydrogen-bond acceptors (Lipinski definition) is 2. The molecule has 0 saturated carbocycles. The molecule has 14 heavy (non-hydrogen) atoms. The fraction of sp³-hybridized carbons (Fsp3) is 0.200. The van der Waals surface area contributed by atoms with Crippen molar-refractivity contribution in [2.45, 2.75) is 12.8 Å². The van der Waals surface area contributed by atoms with Crippen molar-refractivity contribution >= 4 is 45.9 Å². The molecule has 0 aliphatic carbocycles. The van der Waals surface area contributed by atoms with Gasteiger partial charge in [0.05, 0.1) is 10.0 Å². The molecule has 0 unspecified atom stereocenters. The molecule has 2 aromatic rings. The van der Waals surface area contributed by atoms with Gasteiger partial charge in [0, 0.05) is 26.4 Å². The Kier molecular flexibility index (Phi) is 3.17. The van der Waals surface area contributed by atoms with Crippen molar-refractivity contribution in [3.63, 3.8) is 0 Å². The zero-order valence-corrected chi connectivity index (χ0v) is 10.6. The van der Waals surface area contributed by atoms with Gasteiger partial charge >= 0.3 is 0 Å². The molecule has 0 aromatic carbocycles. The SMILES string of the molecule is CC(c1cc(Cl)cs1)c1cc(Cl)cs1. The summed E-state index contributed by atoms with van der Waals surface area (Å²) < 4.78 is 0. The average Bonchev–Trinajstić information content (AvgIpc) is 2.73. The number of hydrogen-bond donors (Lipinski definition) is 0. The molecule has 4 heteroatoms. The van der Waals surface area contributed by atoms with Gasteiger partial charge in [0.15, 0.2) is 0 Å². The van der Waals surface area contributed by atoms with Crippen molar-refractivity contribution in [1.82, 2.24) is 0 Å². The molecule has 0 fully saturated rings. The highest BCUT2D eigenvalue weighted by atomic mass is 35.5. The molecule has 0 atom stereocenters. The van der Waals surface area contributed by atoms with Crippen LogP contribution in [0.1, 0.15) is 22.6 Å². The summed E-state index contributed by atoms with van der Waals surface area (Å²) in [6.45, 7) is 2.17. The standard InChI is InChI=1S/C10H8Cl2S2/c1-6(9-2-7(11)4-13-9)10-3-8(12)5-14-10/h2-6H,1H3. The molecule has 0 radical (unpaired) electrons. The van der Waals surface area contributed by atoms with Gasteiger partial charge in [0.1, 0.15) is 0 Å². The zero-order valence-electron chi connectivity index (χ0n) is 7.46. The fourth-order valence-corrected chi connectivity index (χ4v) is 3.64. The zero-order chi connectivity index (χ0) is 10.1. The molecule has 0 saturated heterocycles. The van der Waals surface area contributed by atoms with Gasteiger partial charge in [0.25, 0.3) is 0 Å². The lowest BCUT2D eigenvalue weighted by molar-refractivity contribution is 0.976. The first-order valence-corrected chi connectivity index (χ1v) is 6.66. The first-order valence-electron chi connectivity index (χ1n) is 4.14. The van der Waals surface area contributed by atoms with Crippen LogP contribution >= 0.6 is 45.9 Å². The third kappa shape index (κ3) is 2.14. The van der Waals surface area contributed by atoms with Gasteiger partial charge in [-0.05, 0) is 12.1 Å². The third-order valence-electron chi connectivity index (χ3n) is 2.03. The highest BCUT2D eigenvalue weighted by Crippen LogP contribution is 2.35. The lowest BCUT2D eigenvalue weighted by Gasteiger charge is -2.04. The van der Waals surface area contributed by atoms with E-state index in [0.717, 1.165) is 10.0 Å². The van der Waals surface area contributed by atoms with Gasteiger partial charge in [-0.3, -0.25) is 0 Å². The van der Waals surface area contributed by atoms with Crippen molar-refractivity contribution in [1.29, 1.82) is 0 Å². The molecule has 0 aliphatic heterocycles. The summed E-state index contributed by atoms with van der Waals surface area (Å²) in [7, 11) is 0. The summed E-state index contributed by atoms with van der Waals surface area (Å²) in [6.07, 6.45) is 0. The largest absolute Gasteiger partial charge is 0.147 e. The smallest absolute Gasteiger partial charge is 0.0516 e. The molecular formula is C10H8Cl2S2. The van der Waals surface area contributed by atoms with Crippen LogP contribution in [-0.2, 0) is 0 Å². The Morgan fingerprint density at radius 2 is 1.43 bits per heavy atom. The summed E-state index contributed by atoms with van der Waals surface area (Å²) in [6, 6.07) is 4.04. The summed E-state index contributed by atoms with van der Waals surface area (Å²) in [5.74, 6) is 0.394. The van der Waals surface area contributed by atoms with Gasteiger partial charge < -0.3 is 0 Å². The van der Waals surface area contributed by atoms with Crippen molar-refractivity contribution < 1.29 is 0 Å². The van der Waals surface area contributed by atoms with E-state index >= 15 is 0 Å². The average molecular weight is 263 g/mol. The van der Waals surface area contributed by atoms with Crippen molar-refractivity contribution in [3.8, 4) is 0 Å². The Balaban J connectivity index is 2.28. The summed E-state index contributed by atoms with van der Waals surface area (Å²) in [5, 5.41) is 5.56. The van der Waals surface area contributed by atoms with E-state index in [-0.39, 0.29) is 0 Å². The van der Waals surface area contributed by atoms with E-state index < -0.39 is 0 Å². The second-order valence-corrected chi connectivity index (χ2v) is 5.81. The van der Waals surface area contributed by atoms with E-state index in [1.807, 2.05) is 22.9 Å². The molecule has 2 aromatic heterocycles. The van der Waals surface area contributed by atoms with E-state index in [1.165, 1.54) is 9.75 Å². The molecule has 74 valence electrons. The van der Waals surface area contributed by atoms with Gasteiger partial charge in [-0.15, -0.1) is 22.7 Å². The van der Waals surface area contributed by atoms with E-state index in [2.05, 4.69) is 6.92 Å². The Morgan fingerprint density at radius 3 is 1.71 bits per heavy atom. The van der Waals surface area contributed by atoms with Crippen LogP contribution < -0.4 is 0 Å². The monoisotopic (exact) mass is 262 g/mol. The van der Waals surface area contributed by atoms with Gasteiger partial charge in [-0.1, -0.05) is 30.1 Å². The predicted octanol–water partition coefficient (Wildman–Crippen LogP) is 5.27. The molecule has 0 spiro atoms. The highest BCUT2D eigenvalue weighted by Gasteiger charge is 2.12. The van der Waals surface area contributed by atoms with E-state index in [4.69, 9.17) is 23.2 Å². The van der Waals surface area contributed by atoms with Crippen molar-refractivity contribution in [3.05, 3.63) is 42.7 Å². The first kappa shape index (κ1) is 10.5. The minimum atomic E-state index is 0.394. The molecule has 0 aliphatic rings. The second-order valence-electron chi connectivity index (χ2n) is 3.06. The maximum Gasteiger partial charge on any atom is 0.0516 e. The Bertz CT molecular complexity index is 391. The third-order valence-corrected chi connectivity index (χ3v) is 4.95. The van der Waals surface area contributed by atoms with Crippen LogP contribution in [0.2, 0.25) is 10.0 Å². The van der Waals surface area contributed by atoms with Crippen LogP contribution in [-0.4, -0.2) is 0 Å². The molecule has 2 heterocycles. The molecule has 0 bridgehead atoms. The maximum absolute atomic E-state index is 5.88. The number of halogens is 2. The molecular weight excluding hydrogens is 255 g/mol. The minimum Gasteiger partial charge on any atom is -0.147 e. The predicted molar refractivity (Wildman–Crippen MR) is 66.2 cm³/mol. The normalized spacial score (nSPS) is 11.1. The molecule has 0 nitrogen and oxygen atoms in total. The summed E-state index contributed by atoms with van der Waals surface area (Å²) in [5.41, 5.74) is 0. The number of rotatable bonds is 2. The summed E-state index contributed by atoms with van der Waals surface area (Å²) >= 11 is 15.2. The van der Waals surface area contributed by atoms with Crippen LogP contribution in [0, 0.1) is 0 Å². The lowest BCUT2D eigenvalue weighted by atomic mass is 10.1. The Morgan fingerprint density at radius 1 is 1.00 bits per heavy atom. The number of thiophene rings is 2. The first-order chi connectivity index (χ1) is 6.66.